The maximum atomic E-state index is 10.7. The van der Waals surface area contributed by atoms with Crippen molar-refractivity contribution in [1.29, 1.82) is 0 Å². The highest BCUT2D eigenvalue weighted by atomic mass is 79.9. The molecule has 0 aromatic heterocycles. The average Bonchev–Trinajstić information content (AvgIpc) is 1.83. The van der Waals surface area contributed by atoms with Crippen molar-refractivity contribution in [2.24, 2.45) is 0 Å². The van der Waals surface area contributed by atoms with Gasteiger partial charge in [-0.1, -0.05) is 15.9 Å². The number of Topliss-reactive ketones (excluding diaryl/α,β-unsaturated/α-hetero) is 2. The maximum Gasteiger partial charge on any atom is 0.211 e. The molecule has 2 nitrogen and oxygen atoms in total. The highest BCUT2D eigenvalue weighted by molar-refractivity contribution is 9.10. The van der Waals surface area contributed by atoms with Crippen molar-refractivity contribution < 1.29 is 9.59 Å². The van der Waals surface area contributed by atoms with E-state index in [4.69, 9.17) is 0 Å². The van der Waals surface area contributed by atoms with Crippen LogP contribution in [-0.4, -0.2) is 16.4 Å². The number of carbonyl (C=O) groups is 2. The van der Waals surface area contributed by atoms with Gasteiger partial charge in [-0.2, -0.15) is 0 Å². The van der Waals surface area contributed by atoms with Crippen molar-refractivity contribution in [2.45, 2.75) is 24.1 Å². The standard InChI is InChI=1S/C6H7BrO2/c7-4-2-1-3-5(8)6(4)9/h4H,1-3H2/t4-/m0/s1. The van der Waals surface area contributed by atoms with Crippen LogP contribution >= 0.6 is 15.9 Å². The Labute approximate surface area is 61.7 Å². The summed E-state index contributed by atoms with van der Waals surface area (Å²) in [7, 11) is 0. The second-order valence-electron chi connectivity index (χ2n) is 2.15. The molecule has 1 rings (SSSR count). The monoisotopic (exact) mass is 190 g/mol. The molecule has 0 radical (unpaired) electrons. The van der Waals surface area contributed by atoms with Crippen molar-refractivity contribution in [3.05, 3.63) is 0 Å². The summed E-state index contributed by atoms with van der Waals surface area (Å²) >= 11 is 3.12. The minimum absolute atomic E-state index is 0.196. The van der Waals surface area contributed by atoms with Gasteiger partial charge in [0.05, 0.1) is 4.83 Å². The molecule has 50 valence electrons. The van der Waals surface area contributed by atoms with Gasteiger partial charge in [0, 0.05) is 6.42 Å². The molecule has 0 aliphatic heterocycles. The van der Waals surface area contributed by atoms with Gasteiger partial charge in [-0.05, 0) is 12.8 Å². The van der Waals surface area contributed by atoms with Crippen LogP contribution in [0.2, 0.25) is 0 Å². The van der Waals surface area contributed by atoms with E-state index in [1.165, 1.54) is 0 Å². The Bertz CT molecular complexity index is 153. The summed E-state index contributed by atoms with van der Waals surface area (Å²) < 4.78 is 0. The van der Waals surface area contributed by atoms with Crippen LogP contribution in [-0.2, 0) is 9.59 Å². The highest BCUT2D eigenvalue weighted by Gasteiger charge is 2.26. The Morgan fingerprint density at radius 2 is 2.11 bits per heavy atom. The average molecular weight is 191 g/mol. The molecule has 9 heavy (non-hydrogen) atoms. The first-order valence-corrected chi connectivity index (χ1v) is 3.84. The van der Waals surface area contributed by atoms with Crippen molar-refractivity contribution in [2.75, 3.05) is 0 Å². The fourth-order valence-electron chi connectivity index (χ4n) is 0.871. The van der Waals surface area contributed by atoms with E-state index in [2.05, 4.69) is 15.9 Å². The summed E-state index contributed by atoms with van der Waals surface area (Å²) in [6, 6.07) is 0. The molecule has 0 saturated heterocycles. The SMILES string of the molecule is O=C1CCC[C@H](Br)C1=O. The maximum absolute atomic E-state index is 10.7. The summed E-state index contributed by atoms with van der Waals surface area (Å²) in [5.74, 6) is -0.468. The fraction of sp³-hybridized carbons (Fsp3) is 0.667. The van der Waals surface area contributed by atoms with E-state index >= 15 is 0 Å². The summed E-state index contributed by atoms with van der Waals surface area (Å²) in [6.45, 7) is 0. The first-order valence-electron chi connectivity index (χ1n) is 2.93. The Kier molecular flexibility index (Phi) is 2.01. The predicted octanol–water partition coefficient (Wildman–Crippen LogP) is 1.07. The lowest BCUT2D eigenvalue weighted by Gasteiger charge is -2.11. The number of hydrogen-bond donors (Lipinski definition) is 0. The molecule has 0 heterocycles. The molecular formula is C6H7BrO2. The Hall–Kier alpha value is -0.180. The first kappa shape index (κ1) is 6.93. The highest BCUT2D eigenvalue weighted by Crippen LogP contribution is 2.17. The number of carbonyl (C=O) groups excluding carboxylic acids is 2. The normalized spacial score (nSPS) is 28.8. The van der Waals surface area contributed by atoms with Crippen molar-refractivity contribution >= 4 is 27.5 Å². The number of alkyl halides is 1. The lowest BCUT2D eigenvalue weighted by atomic mass is 9.98. The third-order valence-corrected chi connectivity index (χ3v) is 2.29. The molecule has 0 spiro atoms. The Balaban J connectivity index is 2.62. The van der Waals surface area contributed by atoms with Gasteiger partial charge in [-0.25, -0.2) is 0 Å². The summed E-state index contributed by atoms with van der Waals surface area (Å²) in [6.07, 6.45) is 2.10. The van der Waals surface area contributed by atoms with Crippen molar-refractivity contribution in [3.8, 4) is 0 Å². The lowest BCUT2D eigenvalue weighted by Crippen LogP contribution is -2.28. The second kappa shape index (κ2) is 2.60. The van der Waals surface area contributed by atoms with Gasteiger partial charge < -0.3 is 0 Å². The minimum Gasteiger partial charge on any atom is -0.291 e. The zero-order valence-electron chi connectivity index (χ0n) is 4.89. The molecule has 0 bridgehead atoms. The smallest absolute Gasteiger partial charge is 0.211 e. The molecule has 1 saturated carbocycles. The van der Waals surface area contributed by atoms with Crippen LogP contribution in [0.4, 0.5) is 0 Å². The number of hydrogen-bond acceptors (Lipinski definition) is 2. The van der Waals surface area contributed by atoms with Gasteiger partial charge in [0.25, 0.3) is 0 Å². The van der Waals surface area contributed by atoms with Crippen LogP contribution in [0.25, 0.3) is 0 Å². The largest absolute Gasteiger partial charge is 0.291 e. The molecule has 0 amide bonds. The van der Waals surface area contributed by atoms with Gasteiger partial charge in [-0.15, -0.1) is 0 Å². The molecule has 1 fully saturated rings. The predicted molar refractivity (Wildman–Crippen MR) is 36.6 cm³/mol. The summed E-state index contributed by atoms with van der Waals surface area (Å²) in [4.78, 5) is 21.2. The molecule has 0 N–H and O–H groups in total. The fourth-order valence-corrected chi connectivity index (χ4v) is 1.45. The van der Waals surface area contributed by atoms with Crippen molar-refractivity contribution in [1.82, 2.24) is 0 Å². The van der Waals surface area contributed by atoms with Crippen LogP contribution in [0.15, 0.2) is 0 Å². The zero-order valence-corrected chi connectivity index (χ0v) is 6.48. The molecule has 1 aliphatic rings. The van der Waals surface area contributed by atoms with Gasteiger partial charge in [0.1, 0.15) is 0 Å². The quantitative estimate of drug-likeness (QED) is 0.424. The summed E-state index contributed by atoms with van der Waals surface area (Å²) in [5.41, 5.74) is 0. The molecule has 1 atom stereocenters. The van der Waals surface area contributed by atoms with Gasteiger partial charge >= 0.3 is 0 Å². The van der Waals surface area contributed by atoms with Crippen LogP contribution < -0.4 is 0 Å². The Morgan fingerprint density at radius 3 is 2.56 bits per heavy atom. The van der Waals surface area contributed by atoms with E-state index in [0.29, 0.717) is 6.42 Å². The van der Waals surface area contributed by atoms with E-state index in [-0.39, 0.29) is 16.4 Å². The molecule has 3 heteroatoms. The van der Waals surface area contributed by atoms with Crippen LogP contribution in [0.1, 0.15) is 19.3 Å². The van der Waals surface area contributed by atoms with E-state index in [1.807, 2.05) is 0 Å². The van der Waals surface area contributed by atoms with E-state index in [0.717, 1.165) is 12.8 Å². The van der Waals surface area contributed by atoms with Crippen molar-refractivity contribution in [3.63, 3.8) is 0 Å². The van der Waals surface area contributed by atoms with E-state index in [1.54, 1.807) is 0 Å². The number of rotatable bonds is 0. The third-order valence-electron chi connectivity index (χ3n) is 1.42. The van der Waals surface area contributed by atoms with Gasteiger partial charge in [-0.3, -0.25) is 9.59 Å². The van der Waals surface area contributed by atoms with Crippen LogP contribution in [0.5, 0.6) is 0 Å². The first-order chi connectivity index (χ1) is 4.22. The number of halogens is 1. The Morgan fingerprint density at radius 1 is 1.44 bits per heavy atom. The van der Waals surface area contributed by atoms with Gasteiger partial charge in [0.2, 0.25) is 5.78 Å². The summed E-state index contributed by atoms with van der Waals surface area (Å²) in [5, 5.41) is 0. The molecule has 0 aromatic carbocycles. The topological polar surface area (TPSA) is 34.1 Å². The lowest BCUT2D eigenvalue weighted by molar-refractivity contribution is -0.137. The molecular weight excluding hydrogens is 184 g/mol. The molecule has 1 aliphatic carbocycles. The molecule has 0 aromatic rings. The zero-order chi connectivity index (χ0) is 6.85. The van der Waals surface area contributed by atoms with E-state index < -0.39 is 0 Å². The van der Waals surface area contributed by atoms with Crippen LogP contribution in [0, 0.1) is 0 Å². The van der Waals surface area contributed by atoms with Crippen LogP contribution in [0.3, 0.4) is 0 Å². The van der Waals surface area contributed by atoms with E-state index in [9.17, 15) is 9.59 Å². The minimum atomic E-state index is -0.249. The number of ketones is 2. The third kappa shape index (κ3) is 1.39. The molecule has 0 unspecified atom stereocenters. The second-order valence-corrected chi connectivity index (χ2v) is 3.25. The van der Waals surface area contributed by atoms with Gasteiger partial charge in [0.15, 0.2) is 5.78 Å².